The van der Waals surface area contributed by atoms with Crippen molar-refractivity contribution < 1.29 is 28.2 Å². The predicted octanol–water partition coefficient (Wildman–Crippen LogP) is 4.81. The van der Waals surface area contributed by atoms with E-state index in [2.05, 4.69) is 26.8 Å². The molecule has 2 aliphatic heterocycles. The Morgan fingerprint density at radius 3 is 2.68 bits per heavy atom. The van der Waals surface area contributed by atoms with E-state index in [0.717, 1.165) is 46.5 Å². The first-order valence-corrected chi connectivity index (χ1v) is 11.8. The number of pyridine rings is 1. The molecule has 0 aromatic carbocycles. The minimum Gasteiger partial charge on any atom is -0.472 e. The summed E-state index contributed by atoms with van der Waals surface area (Å²) in [5.41, 5.74) is 3.76. The SMILES string of the molecule is COC1c2cc3c(nc2C2(C)OC(=O)CC2C1(C)C)CCC1(C)C3=CC(=O)OC1c1ccoc1. The summed E-state index contributed by atoms with van der Waals surface area (Å²) in [6, 6.07) is 3.97. The second-order valence-electron chi connectivity index (χ2n) is 11.0. The van der Waals surface area contributed by atoms with Gasteiger partial charge in [-0.05, 0) is 37.5 Å². The number of esters is 2. The number of rotatable bonds is 2. The van der Waals surface area contributed by atoms with E-state index in [1.807, 2.05) is 13.0 Å². The van der Waals surface area contributed by atoms with Crippen LogP contribution in [0.3, 0.4) is 0 Å². The fourth-order valence-electron chi connectivity index (χ4n) is 7.09. The van der Waals surface area contributed by atoms with Gasteiger partial charge in [0, 0.05) is 52.3 Å². The van der Waals surface area contributed by atoms with Gasteiger partial charge in [0.1, 0.15) is 6.10 Å². The maximum absolute atomic E-state index is 12.7. The highest BCUT2D eigenvalue weighted by Crippen LogP contribution is 2.62. The van der Waals surface area contributed by atoms with E-state index in [0.29, 0.717) is 6.42 Å². The van der Waals surface area contributed by atoms with Gasteiger partial charge in [0.2, 0.25) is 0 Å². The zero-order valence-corrected chi connectivity index (χ0v) is 20.1. The van der Waals surface area contributed by atoms with Gasteiger partial charge >= 0.3 is 11.9 Å². The maximum Gasteiger partial charge on any atom is 0.331 e. The van der Waals surface area contributed by atoms with Gasteiger partial charge in [0.25, 0.3) is 0 Å². The molecule has 2 aromatic rings. The number of nitrogens with zero attached hydrogens (tertiary/aromatic N) is 1. The lowest BCUT2D eigenvalue weighted by molar-refractivity contribution is -0.156. The summed E-state index contributed by atoms with van der Waals surface area (Å²) < 4.78 is 23.1. The second-order valence-corrected chi connectivity index (χ2v) is 11.0. The number of carbonyl (C=O) groups is 2. The lowest BCUT2D eigenvalue weighted by Gasteiger charge is -2.50. The van der Waals surface area contributed by atoms with Crippen molar-refractivity contribution in [1.29, 1.82) is 0 Å². The minimum atomic E-state index is -0.806. The van der Waals surface area contributed by atoms with Crippen molar-refractivity contribution in [3.63, 3.8) is 0 Å². The highest BCUT2D eigenvalue weighted by atomic mass is 16.6. The highest BCUT2D eigenvalue weighted by molar-refractivity contribution is 5.96. The van der Waals surface area contributed by atoms with Crippen LogP contribution in [0.15, 0.2) is 35.2 Å². The first-order chi connectivity index (χ1) is 16.1. The molecule has 7 heteroatoms. The lowest BCUT2D eigenvalue weighted by Crippen LogP contribution is -2.48. The van der Waals surface area contributed by atoms with Crippen LogP contribution in [-0.4, -0.2) is 24.0 Å². The van der Waals surface area contributed by atoms with Crippen LogP contribution in [-0.2, 0) is 35.8 Å². The smallest absolute Gasteiger partial charge is 0.331 e. The largest absolute Gasteiger partial charge is 0.472 e. The van der Waals surface area contributed by atoms with E-state index in [-0.39, 0.29) is 29.4 Å². The van der Waals surface area contributed by atoms with Crippen molar-refractivity contribution in [1.82, 2.24) is 4.98 Å². The van der Waals surface area contributed by atoms with Gasteiger partial charge in [0.15, 0.2) is 5.60 Å². The third-order valence-corrected chi connectivity index (χ3v) is 8.76. The molecule has 178 valence electrons. The molecule has 4 aliphatic rings. The molecule has 2 aromatic heterocycles. The zero-order chi connectivity index (χ0) is 24.0. The Balaban J connectivity index is 1.56. The van der Waals surface area contributed by atoms with Crippen LogP contribution in [0.5, 0.6) is 0 Å². The Morgan fingerprint density at radius 2 is 1.97 bits per heavy atom. The Morgan fingerprint density at radius 1 is 1.18 bits per heavy atom. The zero-order valence-electron chi connectivity index (χ0n) is 20.1. The van der Waals surface area contributed by atoms with Crippen molar-refractivity contribution in [3.8, 4) is 0 Å². The summed E-state index contributed by atoms with van der Waals surface area (Å²) >= 11 is 0. The third-order valence-electron chi connectivity index (χ3n) is 8.76. The molecule has 7 nitrogen and oxygen atoms in total. The van der Waals surface area contributed by atoms with E-state index in [4.69, 9.17) is 23.6 Å². The normalized spacial score (nSPS) is 35.3. The van der Waals surface area contributed by atoms with E-state index in [9.17, 15) is 9.59 Å². The van der Waals surface area contributed by atoms with Gasteiger partial charge in [0.05, 0.1) is 30.7 Å². The molecule has 1 fully saturated rings. The molecular formula is C27H29NO6. The average molecular weight is 464 g/mol. The minimum absolute atomic E-state index is 0.0429. The van der Waals surface area contributed by atoms with Crippen LogP contribution < -0.4 is 0 Å². The maximum atomic E-state index is 12.7. The molecule has 6 rings (SSSR count). The first-order valence-electron chi connectivity index (χ1n) is 11.8. The summed E-state index contributed by atoms with van der Waals surface area (Å²) in [4.78, 5) is 30.3. The van der Waals surface area contributed by atoms with Crippen molar-refractivity contribution >= 4 is 17.5 Å². The Labute approximate surface area is 198 Å². The number of ether oxygens (including phenoxy) is 3. The fourth-order valence-corrected chi connectivity index (χ4v) is 7.09. The Kier molecular flexibility index (Phi) is 4.33. The van der Waals surface area contributed by atoms with Crippen molar-refractivity contribution in [3.05, 3.63) is 58.8 Å². The highest BCUT2D eigenvalue weighted by Gasteiger charge is 2.62. The molecule has 34 heavy (non-hydrogen) atoms. The van der Waals surface area contributed by atoms with Gasteiger partial charge in [-0.3, -0.25) is 9.78 Å². The fraction of sp³-hybridized carbons (Fsp3) is 0.519. The van der Waals surface area contributed by atoms with E-state index >= 15 is 0 Å². The number of hydrogen-bond acceptors (Lipinski definition) is 7. The van der Waals surface area contributed by atoms with Crippen molar-refractivity contribution in [2.75, 3.05) is 7.11 Å². The molecule has 1 saturated heterocycles. The average Bonchev–Trinajstić information content (AvgIpc) is 3.42. The molecule has 0 amide bonds. The molecule has 5 unspecified atom stereocenters. The standard InChI is InChI=1S/C27H29NO6/c1-25(2)19-12-21(30)34-27(19,4)22-16(24(25)31-5)10-15-17-11-20(29)33-23(14-7-9-32-13-14)26(17,3)8-6-18(15)28-22/h7,9-11,13,19,23-24H,6,8,12H2,1-5H3. The van der Waals surface area contributed by atoms with Crippen LogP contribution in [0.4, 0.5) is 0 Å². The van der Waals surface area contributed by atoms with Crippen LogP contribution in [0.25, 0.3) is 5.57 Å². The molecular weight excluding hydrogens is 434 g/mol. The third kappa shape index (κ3) is 2.64. The number of methoxy groups -OCH3 is 1. The number of aryl methyl sites for hydroxylation is 1. The van der Waals surface area contributed by atoms with Gasteiger partial charge in [-0.2, -0.15) is 0 Å². The monoisotopic (exact) mass is 463 g/mol. The molecule has 4 heterocycles. The molecule has 0 bridgehead atoms. The predicted molar refractivity (Wildman–Crippen MR) is 121 cm³/mol. The lowest BCUT2D eigenvalue weighted by atomic mass is 9.58. The molecule has 2 aliphatic carbocycles. The first kappa shape index (κ1) is 21.6. The van der Waals surface area contributed by atoms with E-state index in [1.54, 1.807) is 25.7 Å². The Hall–Kier alpha value is -2.93. The van der Waals surface area contributed by atoms with Crippen molar-refractivity contribution in [2.24, 2.45) is 16.7 Å². The number of furan rings is 1. The van der Waals surface area contributed by atoms with Gasteiger partial charge in [-0.25, -0.2) is 4.79 Å². The molecule has 0 spiro atoms. The van der Waals surface area contributed by atoms with Gasteiger partial charge in [-0.1, -0.05) is 20.8 Å². The molecule has 5 atom stereocenters. The number of aromatic nitrogens is 1. The summed E-state index contributed by atoms with van der Waals surface area (Å²) in [6.07, 6.45) is 5.99. The number of cyclic esters (lactones) is 1. The topological polar surface area (TPSA) is 87.9 Å². The Bertz CT molecular complexity index is 1240. The van der Waals surface area contributed by atoms with Gasteiger partial charge < -0.3 is 18.6 Å². The molecule has 0 saturated carbocycles. The number of carbonyl (C=O) groups excluding carboxylic acids is 2. The molecule has 0 radical (unpaired) electrons. The molecule has 0 N–H and O–H groups in total. The quantitative estimate of drug-likeness (QED) is 0.590. The van der Waals surface area contributed by atoms with Crippen LogP contribution in [0.2, 0.25) is 0 Å². The summed E-state index contributed by atoms with van der Waals surface area (Å²) in [5.74, 6) is -0.612. The van der Waals surface area contributed by atoms with E-state index in [1.165, 1.54) is 0 Å². The van der Waals surface area contributed by atoms with Crippen molar-refractivity contribution in [2.45, 2.75) is 64.8 Å². The number of fused-ring (bicyclic) bond motifs is 6. The second kappa shape index (κ2) is 6.81. The van der Waals surface area contributed by atoms with Crippen LogP contribution in [0.1, 0.15) is 80.8 Å². The summed E-state index contributed by atoms with van der Waals surface area (Å²) in [5, 5.41) is 0. The number of hydrogen-bond donors (Lipinski definition) is 0. The van der Waals surface area contributed by atoms with E-state index < -0.39 is 17.1 Å². The summed E-state index contributed by atoms with van der Waals surface area (Å²) in [6.45, 7) is 8.38. The van der Waals surface area contributed by atoms with Crippen LogP contribution in [0, 0.1) is 16.7 Å². The summed E-state index contributed by atoms with van der Waals surface area (Å²) in [7, 11) is 1.70. The van der Waals surface area contributed by atoms with Crippen LogP contribution >= 0.6 is 0 Å². The van der Waals surface area contributed by atoms with Gasteiger partial charge in [-0.15, -0.1) is 0 Å².